The molecule has 0 saturated heterocycles. The average molecular weight is 238 g/mol. The summed E-state index contributed by atoms with van der Waals surface area (Å²) in [6, 6.07) is 6.00. The van der Waals surface area contributed by atoms with Gasteiger partial charge in [0.15, 0.2) is 6.79 Å². The van der Waals surface area contributed by atoms with Crippen molar-refractivity contribution in [1.82, 2.24) is 0 Å². The largest absolute Gasteiger partial charge is 0.467 e. The molecule has 1 aromatic rings. The van der Waals surface area contributed by atoms with Gasteiger partial charge in [0.1, 0.15) is 5.75 Å². The Labute approximate surface area is 103 Å². The van der Waals surface area contributed by atoms with E-state index in [1.165, 1.54) is 5.56 Å². The molecule has 0 radical (unpaired) electrons. The van der Waals surface area contributed by atoms with Gasteiger partial charge in [0.05, 0.1) is 6.10 Å². The van der Waals surface area contributed by atoms with Crippen LogP contribution in [0.15, 0.2) is 18.2 Å². The molecule has 1 rings (SSSR count). The molecule has 1 aromatic carbocycles. The minimum Gasteiger partial charge on any atom is -0.467 e. The molecule has 3 heteroatoms. The molecule has 1 atom stereocenters. The molecule has 1 N–H and O–H groups in total. The molecule has 96 valence electrons. The third-order valence-corrected chi connectivity index (χ3v) is 2.69. The third-order valence-electron chi connectivity index (χ3n) is 2.69. The van der Waals surface area contributed by atoms with Crippen LogP contribution in [0.25, 0.3) is 0 Å². The maximum Gasteiger partial charge on any atom is 0.188 e. The molecule has 0 fully saturated rings. The van der Waals surface area contributed by atoms with Crippen LogP contribution in [-0.2, 0) is 11.2 Å². The van der Waals surface area contributed by atoms with E-state index >= 15 is 0 Å². The van der Waals surface area contributed by atoms with Gasteiger partial charge in [-0.05, 0) is 24.5 Å². The van der Waals surface area contributed by atoms with Crippen LogP contribution in [0, 0.1) is 0 Å². The topological polar surface area (TPSA) is 38.7 Å². The number of hydrogen-bond acceptors (Lipinski definition) is 3. The van der Waals surface area contributed by atoms with Crippen molar-refractivity contribution >= 4 is 0 Å². The second kappa shape index (κ2) is 7.30. The molecule has 0 spiro atoms. The van der Waals surface area contributed by atoms with Crippen molar-refractivity contribution in [2.75, 3.05) is 13.9 Å². The molecule has 0 amide bonds. The number of aryl methyl sites for hydroxylation is 1. The maximum absolute atomic E-state index is 9.91. The lowest BCUT2D eigenvalue weighted by molar-refractivity contribution is 0.0478. The molecular weight excluding hydrogens is 216 g/mol. The first-order valence-electron chi connectivity index (χ1n) is 6.15. The van der Waals surface area contributed by atoms with Crippen LogP contribution >= 0.6 is 0 Å². The Kier molecular flexibility index (Phi) is 6.01. The standard InChI is InChI=1S/C14H22O3/c1-4-6-11-7-8-12(13(15)5-2)14(9-11)17-10-16-3/h7-9,13,15H,4-6,10H2,1-3H3/t13-/m0/s1. The highest BCUT2D eigenvalue weighted by Gasteiger charge is 2.12. The van der Waals surface area contributed by atoms with E-state index in [2.05, 4.69) is 13.0 Å². The van der Waals surface area contributed by atoms with Gasteiger partial charge in [-0.3, -0.25) is 0 Å². The first kappa shape index (κ1) is 14.0. The molecule has 0 bridgehead atoms. The van der Waals surface area contributed by atoms with Crippen molar-refractivity contribution in [2.45, 2.75) is 39.2 Å². The molecular formula is C14H22O3. The van der Waals surface area contributed by atoms with Gasteiger partial charge in [-0.2, -0.15) is 0 Å². The van der Waals surface area contributed by atoms with Gasteiger partial charge in [0.25, 0.3) is 0 Å². The Morgan fingerprint density at radius 3 is 2.65 bits per heavy atom. The SMILES string of the molecule is CCCc1ccc([C@@H](O)CC)c(OCOC)c1. The minimum atomic E-state index is -0.475. The zero-order chi connectivity index (χ0) is 12.7. The van der Waals surface area contributed by atoms with Crippen molar-refractivity contribution in [2.24, 2.45) is 0 Å². The summed E-state index contributed by atoms with van der Waals surface area (Å²) in [5.41, 5.74) is 2.06. The van der Waals surface area contributed by atoms with Crippen LogP contribution < -0.4 is 4.74 Å². The molecule has 0 aliphatic carbocycles. The van der Waals surface area contributed by atoms with E-state index in [4.69, 9.17) is 9.47 Å². The third kappa shape index (κ3) is 4.02. The van der Waals surface area contributed by atoms with Crippen LogP contribution in [0.5, 0.6) is 5.75 Å². The summed E-state index contributed by atoms with van der Waals surface area (Å²) in [5, 5.41) is 9.91. The average Bonchev–Trinajstić information content (AvgIpc) is 2.36. The van der Waals surface area contributed by atoms with Gasteiger partial charge in [-0.1, -0.05) is 32.4 Å². The molecule has 0 saturated carbocycles. The highest BCUT2D eigenvalue weighted by Crippen LogP contribution is 2.28. The fourth-order valence-electron chi connectivity index (χ4n) is 1.77. The lowest BCUT2D eigenvalue weighted by Gasteiger charge is -2.16. The van der Waals surface area contributed by atoms with Gasteiger partial charge >= 0.3 is 0 Å². The van der Waals surface area contributed by atoms with Crippen molar-refractivity contribution in [3.05, 3.63) is 29.3 Å². The zero-order valence-electron chi connectivity index (χ0n) is 10.9. The number of methoxy groups -OCH3 is 1. The molecule has 0 unspecified atom stereocenters. The number of aliphatic hydroxyl groups excluding tert-OH is 1. The van der Waals surface area contributed by atoms with Crippen molar-refractivity contribution in [3.8, 4) is 5.75 Å². The molecule has 3 nitrogen and oxygen atoms in total. The number of ether oxygens (including phenoxy) is 2. The van der Waals surface area contributed by atoms with Crippen LogP contribution in [0.3, 0.4) is 0 Å². The summed E-state index contributed by atoms with van der Waals surface area (Å²) in [6.07, 6.45) is 2.32. The van der Waals surface area contributed by atoms with Crippen LogP contribution in [-0.4, -0.2) is 19.0 Å². The monoisotopic (exact) mass is 238 g/mol. The molecule has 0 aromatic heterocycles. The van der Waals surface area contributed by atoms with Crippen LogP contribution in [0.2, 0.25) is 0 Å². The Balaban J connectivity index is 2.94. The van der Waals surface area contributed by atoms with Gasteiger partial charge in [0.2, 0.25) is 0 Å². The zero-order valence-corrected chi connectivity index (χ0v) is 10.9. The lowest BCUT2D eigenvalue weighted by atomic mass is 10.0. The normalized spacial score (nSPS) is 12.5. The van der Waals surface area contributed by atoms with Gasteiger partial charge < -0.3 is 14.6 Å². The van der Waals surface area contributed by atoms with Gasteiger partial charge in [0, 0.05) is 12.7 Å². The van der Waals surface area contributed by atoms with E-state index in [0.29, 0.717) is 6.42 Å². The highest BCUT2D eigenvalue weighted by atomic mass is 16.7. The van der Waals surface area contributed by atoms with E-state index in [-0.39, 0.29) is 6.79 Å². The van der Waals surface area contributed by atoms with Crippen LogP contribution in [0.4, 0.5) is 0 Å². The summed E-state index contributed by atoms with van der Waals surface area (Å²) in [5.74, 6) is 0.729. The van der Waals surface area contributed by atoms with Crippen LogP contribution in [0.1, 0.15) is 43.9 Å². The lowest BCUT2D eigenvalue weighted by Crippen LogP contribution is -2.05. The number of rotatable bonds is 7. The van der Waals surface area contributed by atoms with Crippen molar-refractivity contribution in [3.63, 3.8) is 0 Å². The second-order valence-corrected chi connectivity index (χ2v) is 4.10. The number of hydrogen-bond donors (Lipinski definition) is 1. The Bertz CT molecular complexity index is 336. The fraction of sp³-hybridized carbons (Fsp3) is 0.571. The second-order valence-electron chi connectivity index (χ2n) is 4.10. The molecule has 0 aliphatic rings. The highest BCUT2D eigenvalue weighted by molar-refractivity contribution is 5.39. The summed E-state index contributed by atoms with van der Waals surface area (Å²) >= 11 is 0. The number of aliphatic hydroxyl groups is 1. The van der Waals surface area contributed by atoms with E-state index < -0.39 is 6.10 Å². The molecule has 17 heavy (non-hydrogen) atoms. The summed E-state index contributed by atoms with van der Waals surface area (Å²) in [4.78, 5) is 0. The first-order valence-corrected chi connectivity index (χ1v) is 6.15. The minimum absolute atomic E-state index is 0.207. The Morgan fingerprint density at radius 1 is 1.29 bits per heavy atom. The molecule has 0 aliphatic heterocycles. The first-order chi connectivity index (χ1) is 8.22. The fourth-order valence-corrected chi connectivity index (χ4v) is 1.77. The summed E-state index contributed by atoms with van der Waals surface area (Å²) < 4.78 is 10.4. The predicted octanol–water partition coefficient (Wildman–Crippen LogP) is 3.07. The van der Waals surface area contributed by atoms with E-state index in [9.17, 15) is 5.11 Å². The summed E-state index contributed by atoms with van der Waals surface area (Å²) in [6.45, 7) is 4.30. The predicted molar refractivity (Wildman–Crippen MR) is 68.2 cm³/mol. The Hall–Kier alpha value is -1.06. The van der Waals surface area contributed by atoms with Gasteiger partial charge in [-0.15, -0.1) is 0 Å². The van der Waals surface area contributed by atoms with E-state index in [1.54, 1.807) is 7.11 Å². The Morgan fingerprint density at radius 2 is 2.06 bits per heavy atom. The molecule has 0 heterocycles. The maximum atomic E-state index is 9.91. The van der Waals surface area contributed by atoms with Crippen molar-refractivity contribution in [1.29, 1.82) is 0 Å². The van der Waals surface area contributed by atoms with E-state index in [1.807, 2.05) is 19.1 Å². The van der Waals surface area contributed by atoms with Gasteiger partial charge in [-0.25, -0.2) is 0 Å². The van der Waals surface area contributed by atoms with E-state index in [0.717, 1.165) is 24.2 Å². The number of benzene rings is 1. The smallest absolute Gasteiger partial charge is 0.188 e. The van der Waals surface area contributed by atoms with Crippen molar-refractivity contribution < 1.29 is 14.6 Å². The summed E-state index contributed by atoms with van der Waals surface area (Å²) in [7, 11) is 1.59. The quantitative estimate of drug-likeness (QED) is 0.742.